The molecule has 4 nitrogen and oxygen atoms in total. The Morgan fingerprint density at radius 1 is 0.767 bits per heavy atom. The van der Waals surface area contributed by atoms with Gasteiger partial charge in [-0.3, -0.25) is 0 Å². The molecular formula is C26H40O4. The minimum atomic E-state index is 0.351. The van der Waals surface area contributed by atoms with Crippen LogP contribution in [0, 0.1) is 39.5 Å². The third kappa shape index (κ3) is 7.16. The van der Waals surface area contributed by atoms with Crippen molar-refractivity contribution in [3.63, 3.8) is 0 Å². The lowest BCUT2D eigenvalue weighted by molar-refractivity contribution is 0.267. The van der Waals surface area contributed by atoms with Gasteiger partial charge in [0.05, 0.1) is 13.2 Å². The van der Waals surface area contributed by atoms with Gasteiger partial charge in [0, 0.05) is 0 Å². The van der Waals surface area contributed by atoms with Crippen LogP contribution in [-0.4, -0.2) is 23.4 Å². The first-order valence-electron chi connectivity index (χ1n) is 10.9. The maximum atomic E-state index is 9.91. The van der Waals surface area contributed by atoms with Crippen molar-refractivity contribution in [3.05, 3.63) is 46.0 Å². The molecule has 0 aromatic heterocycles. The van der Waals surface area contributed by atoms with E-state index in [2.05, 4.69) is 27.7 Å². The fourth-order valence-electron chi connectivity index (χ4n) is 2.92. The normalized spacial score (nSPS) is 10.8. The van der Waals surface area contributed by atoms with Crippen LogP contribution in [0.5, 0.6) is 23.0 Å². The van der Waals surface area contributed by atoms with Gasteiger partial charge in [-0.1, -0.05) is 34.6 Å². The maximum absolute atomic E-state index is 9.91. The Morgan fingerprint density at radius 3 is 1.73 bits per heavy atom. The molecule has 0 atom stereocenters. The summed E-state index contributed by atoms with van der Waals surface area (Å²) in [5, 5.41) is 19.4. The number of aryl methyl sites for hydroxylation is 1. The van der Waals surface area contributed by atoms with Gasteiger partial charge in [0.15, 0.2) is 0 Å². The van der Waals surface area contributed by atoms with Crippen LogP contribution >= 0.6 is 0 Å². The number of aromatic hydroxyl groups is 2. The second-order valence-corrected chi connectivity index (χ2v) is 8.73. The molecule has 2 N–H and O–H groups in total. The van der Waals surface area contributed by atoms with E-state index in [9.17, 15) is 10.2 Å². The van der Waals surface area contributed by atoms with Crippen LogP contribution in [0.4, 0.5) is 0 Å². The van der Waals surface area contributed by atoms with Crippen molar-refractivity contribution in [1.82, 2.24) is 0 Å². The topological polar surface area (TPSA) is 58.9 Å². The summed E-state index contributed by atoms with van der Waals surface area (Å²) in [6, 6.07) is 5.39. The van der Waals surface area contributed by atoms with Gasteiger partial charge in [0.1, 0.15) is 23.0 Å². The number of benzene rings is 2. The van der Waals surface area contributed by atoms with Crippen molar-refractivity contribution in [2.24, 2.45) is 11.8 Å². The first kappa shape index (κ1) is 25.7. The lowest BCUT2D eigenvalue weighted by Gasteiger charge is -2.18. The van der Waals surface area contributed by atoms with Crippen LogP contribution < -0.4 is 9.47 Å². The van der Waals surface area contributed by atoms with Gasteiger partial charge in [-0.15, -0.1) is 0 Å². The molecule has 0 fully saturated rings. The molecule has 2 rings (SSSR count). The molecule has 0 bridgehead atoms. The molecule has 0 saturated heterocycles. The lowest BCUT2D eigenvalue weighted by Crippen LogP contribution is -2.08. The average Bonchev–Trinajstić information content (AvgIpc) is 2.70. The molecule has 0 aliphatic carbocycles. The molecule has 168 valence electrons. The fourth-order valence-corrected chi connectivity index (χ4v) is 2.92. The van der Waals surface area contributed by atoms with Crippen LogP contribution in [0.25, 0.3) is 0 Å². The second kappa shape index (κ2) is 11.7. The van der Waals surface area contributed by atoms with Gasteiger partial charge in [-0.05, 0) is 92.0 Å². The van der Waals surface area contributed by atoms with Crippen LogP contribution in [-0.2, 0) is 6.42 Å². The smallest absolute Gasteiger partial charge is 0.125 e. The zero-order valence-electron chi connectivity index (χ0n) is 20.2. The van der Waals surface area contributed by atoms with E-state index in [1.807, 2.05) is 40.7 Å². The minimum absolute atomic E-state index is 0.351. The first-order chi connectivity index (χ1) is 14.0. The summed E-state index contributed by atoms with van der Waals surface area (Å²) < 4.78 is 11.4. The number of phenols is 2. The molecular weight excluding hydrogens is 376 g/mol. The van der Waals surface area contributed by atoms with E-state index in [1.54, 1.807) is 12.1 Å². The van der Waals surface area contributed by atoms with Gasteiger partial charge in [0.25, 0.3) is 0 Å². The Labute approximate surface area is 182 Å². The predicted molar refractivity (Wildman–Crippen MR) is 125 cm³/mol. The summed E-state index contributed by atoms with van der Waals surface area (Å²) in [7, 11) is 0. The minimum Gasteiger partial charge on any atom is -0.508 e. The van der Waals surface area contributed by atoms with E-state index in [0.29, 0.717) is 36.5 Å². The van der Waals surface area contributed by atoms with Gasteiger partial charge >= 0.3 is 0 Å². The molecule has 4 heteroatoms. The third-order valence-corrected chi connectivity index (χ3v) is 5.09. The van der Waals surface area contributed by atoms with Gasteiger partial charge in [0.2, 0.25) is 0 Å². The average molecular weight is 417 g/mol. The molecule has 0 aliphatic rings. The molecule has 0 saturated carbocycles. The molecule has 2 aromatic rings. The van der Waals surface area contributed by atoms with Crippen LogP contribution in [0.2, 0.25) is 0 Å². The second-order valence-electron chi connectivity index (χ2n) is 8.73. The SMILES string of the molecule is CCc1cc(OCC(C)C)ccc1O.Cc1c(C)c(OCC(C)C)c(C)c(C)c1O. The molecule has 0 unspecified atom stereocenters. The molecule has 0 aliphatic heterocycles. The van der Waals surface area contributed by atoms with Gasteiger partial charge < -0.3 is 19.7 Å². The Kier molecular flexibility index (Phi) is 10.0. The highest BCUT2D eigenvalue weighted by molar-refractivity contribution is 5.56. The monoisotopic (exact) mass is 416 g/mol. The van der Waals surface area contributed by atoms with E-state index in [-0.39, 0.29) is 0 Å². The third-order valence-electron chi connectivity index (χ3n) is 5.09. The van der Waals surface area contributed by atoms with Crippen molar-refractivity contribution in [3.8, 4) is 23.0 Å². The Hall–Kier alpha value is -2.36. The van der Waals surface area contributed by atoms with Gasteiger partial charge in [-0.2, -0.15) is 0 Å². The van der Waals surface area contributed by atoms with E-state index in [0.717, 1.165) is 45.7 Å². The summed E-state index contributed by atoms with van der Waals surface area (Å²) in [5.41, 5.74) is 4.86. The standard InChI is InChI=1S/C14H22O2.C12H18O2/c1-8(2)7-16-14-11(5)9(3)13(15)10(4)12(14)6;1-4-10-7-11(5-6-12(10)13)14-8-9(2)3/h8,15H,7H2,1-6H3;5-7,9,13H,4,8H2,1-3H3. The Balaban J connectivity index is 0.000000303. The molecule has 2 aromatic carbocycles. The van der Waals surface area contributed by atoms with Crippen LogP contribution in [0.15, 0.2) is 18.2 Å². The van der Waals surface area contributed by atoms with Crippen molar-refractivity contribution >= 4 is 0 Å². The largest absolute Gasteiger partial charge is 0.508 e. The summed E-state index contributed by atoms with van der Waals surface area (Å²) in [4.78, 5) is 0. The van der Waals surface area contributed by atoms with E-state index in [1.165, 1.54) is 0 Å². The lowest BCUT2D eigenvalue weighted by atomic mass is 9.98. The number of hydrogen-bond donors (Lipinski definition) is 2. The van der Waals surface area contributed by atoms with Crippen LogP contribution in [0.1, 0.15) is 62.4 Å². The Morgan fingerprint density at radius 2 is 1.27 bits per heavy atom. The fraction of sp³-hybridized carbons (Fsp3) is 0.538. The highest BCUT2D eigenvalue weighted by atomic mass is 16.5. The quantitative estimate of drug-likeness (QED) is 0.530. The predicted octanol–water partition coefficient (Wildman–Crippen LogP) is 6.65. The van der Waals surface area contributed by atoms with E-state index >= 15 is 0 Å². The summed E-state index contributed by atoms with van der Waals surface area (Å²) in [5.74, 6) is 3.55. The van der Waals surface area contributed by atoms with E-state index in [4.69, 9.17) is 9.47 Å². The zero-order valence-corrected chi connectivity index (χ0v) is 20.2. The van der Waals surface area contributed by atoms with Crippen LogP contribution in [0.3, 0.4) is 0 Å². The van der Waals surface area contributed by atoms with Gasteiger partial charge in [-0.25, -0.2) is 0 Å². The maximum Gasteiger partial charge on any atom is 0.125 e. The van der Waals surface area contributed by atoms with E-state index < -0.39 is 0 Å². The highest BCUT2D eigenvalue weighted by Gasteiger charge is 2.15. The molecule has 0 heterocycles. The molecule has 0 radical (unpaired) electrons. The summed E-state index contributed by atoms with van der Waals surface area (Å²) in [6.07, 6.45) is 0.824. The number of phenolic OH excluding ortho intramolecular Hbond substituents is 2. The number of hydrogen-bond acceptors (Lipinski definition) is 4. The number of ether oxygens (including phenoxy) is 2. The van der Waals surface area contributed by atoms with Crippen molar-refractivity contribution in [2.45, 2.75) is 68.7 Å². The Bertz CT molecular complexity index is 793. The summed E-state index contributed by atoms with van der Waals surface area (Å²) >= 11 is 0. The summed E-state index contributed by atoms with van der Waals surface area (Å²) in [6.45, 7) is 19.8. The number of rotatable bonds is 7. The molecule has 30 heavy (non-hydrogen) atoms. The highest BCUT2D eigenvalue weighted by Crippen LogP contribution is 2.36. The molecule has 0 spiro atoms. The first-order valence-corrected chi connectivity index (χ1v) is 10.9. The van der Waals surface area contributed by atoms with Crippen molar-refractivity contribution in [1.29, 1.82) is 0 Å². The van der Waals surface area contributed by atoms with Crippen molar-refractivity contribution in [2.75, 3.05) is 13.2 Å². The molecule has 0 amide bonds. The zero-order chi connectivity index (χ0) is 23.0. The van der Waals surface area contributed by atoms with Crippen molar-refractivity contribution < 1.29 is 19.7 Å².